The Morgan fingerprint density at radius 1 is 0.941 bits per heavy atom. The smallest absolute Gasteiger partial charge is 0.261 e. The van der Waals surface area contributed by atoms with E-state index in [4.69, 9.17) is 0 Å². The summed E-state index contributed by atoms with van der Waals surface area (Å²) in [5, 5.41) is 6.41. The summed E-state index contributed by atoms with van der Waals surface area (Å²) < 4.78 is 2.10. The second-order valence-electron chi connectivity index (χ2n) is 8.94. The van der Waals surface area contributed by atoms with Gasteiger partial charge in [-0.15, -0.1) is 0 Å². The molecule has 3 aromatic rings. The molecule has 7 heteroatoms. The van der Waals surface area contributed by atoms with Crippen LogP contribution in [0, 0.1) is 0 Å². The first-order valence-electron chi connectivity index (χ1n) is 11.9. The molecular formula is C27H33N4O2S+. The van der Waals surface area contributed by atoms with Gasteiger partial charge in [0.15, 0.2) is 6.20 Å². The summed E-state index contributed by atoms with van der Waals surface area (Å²) in [6, 6.07) is 15.7. The third-order valence-electron chi connectivity index (χ3n) is 6.12. The Morgan fingerprint density at radius 2 is 1.74 bits per heavy atom. The predicted molar refractivity (Wildman–Crippen MR) is 139 cm³/mol. The Hall–Kier alpha value is -2.90. The lowest BCUT2D eigenvalue weighted by atomic mass is 9.93. The molecule has 2 aromatic carbocycles. The number of thioether (sulfide) groups is 1. The average Bonchev–Trinajstić information content (AvgIpc) is 2.83. The fraction of sp³-hybridized carbons (Fsp3) is 0.370. The van der Waals surface area contributed by atoms with E-state index in [2.05, 4.69) is 34.9 Å². The summed E-state index contributed by atoms with van der Waals surface area (Å²) in [7, 11) is 6.16. The average molecular weight is 478 g/mol. The van der Waals surface area contributed by atoms with Crippen LogP contribution in [0.5, 0.6) is 0 Å². The summed E-state index contributed by atoms with van der Waals surface area (Å²) in [6.45, 7) is 2.28. The van der Waals surface area contributed by atoms with Gasteiger partial charge in [-0.2, -0.15) is 4.57 Å². The second kappa shape index (κ2) is 11.0. The van der Waals surface area contributed by atoms with Crippen molar-refractivity contribution in [3.63, 3.8) is 0 Å². The van der Waals surface area contributed by atoms with Crippen LogP contribution in [0.2, 0.25) is 0 Å². The number of pyridine rings is 1. The van der Waals surface area contributed by atoms with Crippen LogP contribution in [0.3, 0.4) is 0 Å². The molecular weight excluding hydrogens is 444 g/mol. The van der Waals surface area contributed by atoms with Crippen molar-refractivity contribution in [3.8, 4) is 0 Å². The highest BCUT2D eigenvalue weighted by Gasteiger charge is 2.32. The zero-order valence-corrected chi connectivity index (χ0v) is 21.0. The number of anilines is 1. The van der Waals surface area contributed by atoms with Crippen LogP contribution in [0.25, 0.3) is 10.8 Å². The van der Waals surface area contributed by atoms with E-state index in [-0.39, 0.29) is 11.8 Å². The van der Waals surface area contributed by atoms with Crippen molar-refractivity contribution in [3.05, 3.63) is 65.9 Å². The van der Waals surface area contributed by atoms with E-state index in [0.29, 0.717) is 17.7 Å². The van der Waals surface area contributed by atoms with Crippen LogP contribution in [0.4, 0.5) is 5.69 Å². The first-order valence-corrected chi connectivity index (χ1v) is 12.8. The van der Waals surface area contributed by atoms with Crippen LogP contribution in [0.15, 0.2) is 59.8 Å². The van der Waals surface area contributed by atoms with Crippen molar-refractivity contribution in [1.29, 1.82) is 0 Å². The Bertz CT molecular complexity index is 1170. The van der Waals surface area contributed by atoms with Crippen LogP contribution < -0.4 is 9.88 Å². The number of carbonyl (C=O) groups excluding carboxylic acids is 2. The maximum absolute atomic E-state index is 13.3. The van der Waals surface area contributed by atoms with E-state index >= 15 is 0 Å². The van der Waals surface area contributed by atoms with Gasteiger partial charge in [-0.25, -0.2) is 0 Å². The molecule has 2 heterocycles. The minimum atomic E-state index is -0.185. The molecule has 0 atom stereocenters. The number of hydrogen-bond acceptors (Lipinski definition) is 5. The van der Waals surface area contributed by atoms with Gasteiger partial charge in [-0.05, 0) is 64.2 Å². The van der Waals surface area contributed by atoms with Crippen molar-refractivity contribution >= 4 is 40.0 Å². The third-order valence-corrected chi connectivity index (χ3v) is 7.34. The van der Waals surface area contributed by atoms with Gasteiger partial charge in [0.05, 0.1) is 0 Å². The van der Waals surface area contributed by atoms with Gasteiger partial charge >= 0.3 is 0 Å². The number of carbonyl (C=O) groups is 2. The van der Waals surface area contributed by atoms with Crippen molar-refractivity contribution in [1.82, 2.24) is 9.80 Å². The van der Waals surface area contributed by atoms with Gasteiger partial charge in [-0.3, -0.25) is 14.5 Å². The summed E-state index contributed by atoms with van der Waals surface area (Å²) in [6.07, 6.45) is 4.78. The first kappa shape index (κ1) is 24.2. The molecule has 0 saturated heterocycles. The molecule has 1 aromatic heterocycles. The molecule has 0 saturated carbocycles. The molecule has 178 valence electrons. The molecule has 6 nitrogen and oxygen atoms in total. The van der Waals surface area contributed by atoms with Crippen molar-refractivity contribution in [2.24, 2.45) is 7.05 Å². The van der Waals surface area contributed by atoms with Crippen molar-refractivity contribution in [2.45, 2.75) is 24.3 Å². The van der Waals surface area contributed by atoms with E-state index in [9.17, 15) is 9.59 Å². The Kier molecular flexibility index (Phi) is 7.85. The standard InChI is InChI=1S/C27H32N4O2S/c1-29(2)16-9-15-28-23-14-13-22-25-20(23)10-8-11-21(25)26(32)31(27(22)33)18-6-7-19-34-24-12-4-5-17-30(24)3/h4-5,8,10-14,17H,6-7,9,15-16,18-19H2,1-3H3/p+1. The van der Waals surface area contributed by atoms with Crippen LogP contribution >= 0.6 is 11.8 Å². The SMILES string of the molecule is CN(C)CCCNc1ccc2c3c(cccc13)C(=O)N(CCCCSc1cccc[n+]1C)C2=O. The quantitative estimate of drug-likeness (QED) is 0.194. The third kappa shape index (κ3) is 5.26. The van der Waals surface area contributed by atoms with Crippen molar-refractivity contribution in [2.75, 3.05) is 44.8 Å². The zero-order chi connectivity index (χ0) is 24.1. The van der Waals surface area contributed by atoms with Crippen molar-refractivity contribution < 1.29 is 14.2 Å². The maximum atomic E-state index is 13.3. The first-order chi connectivity index (χ1) is 16.5. The molecule has 34 heavy (non-hydrogen) atoms. The van der Waals surface area contributed by atoms with E-state index in [1.165, 1.54) is 9.93 Å². The lowest BCUT2D eigenvalue weighted by Crippen LogP contribution is -2.41. The fourth-order valence-corrected chi connectivity index (χ4v) is 5.32. The summed E-state index contributed by atoms with van der Waals surface area (Å²) >= 11 is 1.80. The summed E-state index contributed by atoms with van der Waals surface area (Å²) in [4.78, 5) is 30.1. The number of aryl methyl sites for hydroxylation is 1. The number of unbranched alkanes of at least 4 members (excludes halogenated alkanes) is 1. The molecule has 0 radical (unpaired) electrons. The van der Waals surface area contributed by atoms with Gasteiger partial charge in [0.25, 0.3) is 11.8 Å². The predicted octanol–water partition coefficient (Wildman–Crippen LogP) is 4.20. The Balaban J connectivity index is 1.42. The molecule has 0 fully saturated rings. The Morgan fingerprint density at radius 3 is 2.50 bits per heavy atom. The zero-order valence-electron chi connectivity index (χ0n) is 20.2. The fourth-order valence-electron chi connectivity index (χ4n) is 4.33. The molecule has 1 N–H and O–H groups in total. The summed E-state index contributed by atoms with van der Waals surface area (Å²) in [5.74, 6) is 0.577. The van der Waals surface area contributed by atoms with Crippen LogP contribution in [0.1, 0.15) is 40.0 Å². The Labute approximate surface area is 205 Å². The van der Waals surface area contributed by atoms with E-state index in [0.717, 1.165) is 54.6 Å². The number of imide groups is 1. The second-order valence-corrected chi connectivity index (χ2v) is 10.1. The summed E-state index contributed by atoms with van der Waals surface area (Å²) in [5.41, 5.74) is 2.21. The minimum Gasteiger partial charge on any atom is -0.384 e. The number of nitrogens with zero attached hydrogens (tertiary/aromatic N) is 3. The van der Waals surface area contributed by atoms with Crippen LogP contribution in [-0.4, -0.2) is 61.1 Å². The highest BCUT2D eigenvalue weighted by molar-refractivity contribution is 7.99. The minimum absolute atomic E-state index is 0.185. The number of rotatable bonds is 11. The van der Waals surface area contributed by atoms with Gasteiger partial charge in [0.2, 0.25) is 5.03 Å². The molecule has 0 bridgehead atoms. The number of nitrogens with one attached hydrogen (secondary N) is 1. The molecule has 0 spiro atoms. The van der Waals surface area contributed by atoms with E-state index in [1.54, 1.807) is 11.8 Å². The lowest BCUT2D eigenvalue weighted by molar-refractivity contribution is -0.708. The van der Waals surface area contributed by atoms with Gasteiger partial charge in [-0.1, -0.05) is 23.9 Å². The molecule has 1 aliphatic rings. The maximum Gasteiger partial charge on any atom is 0.261 e. The van der Waals surface area contributed by atoms with Gasteiger partial charge in [0.1, 0.15) is 7.05 Å². The molecule has 1 aliphatic heterocycles. The van der Waals surface area contributed by atoms with Gasteiger partial charge in [0, 0.05) is 58.6 Å². The van der Waals surface area contributed by atoms with Gasteiger partial charge < -0.3 is 10.2 Å². The topological polar surface area (TPSA) is 56.5 Å². The largest absolute Gasteiger partial charge is 0.384 e. The van der Waals surface area contributed by atoms with E-state index in [1.807, 2.05) is 55.7 Å². The number of amides is 2. The van der Waals surface area contributed by atoms with E-state index < -0.39 is 0 Å². The van der Waals surface area contributed by atoms with Crippen LogP contribution in [-0.2, 0) is 7.05 Å². The highest BCUT2D eigenvalue weighted by atomic mass is 32.2. The highest BCUT2D eigenvalue weighted by Crippen LogP contribution is 2.34. The normalized spacial score (nSPS) is 13.2. The molecule has 0 aliphatic carbocycles. The lowest BCUT2D eigenvalue weighted by Gasteiger charge is -2.28. The molecule has 0 unspecified atom stereocenters. The number of hydrogen-bond donors (Lipinski definition) is 1. The molecule has 2 amide bonds. The number of aromatic nitrogens is 1. The monoisotopic (exact) mass is 477 g/mol. The number of benzene rings is 2. The molecule has 4 rings (SSSR count).